The summed E-state index contributed by atoms with van der Waals surface area (Å²) < 4.78 is 0. The SMILES string of the molecule is Cc1cc(C)c(NC(=O)CN(C)c2ncnc3ccc(C)cc23)c(C)c1. The van der Waals surface area contributed by atoms with Crippen molar-refractivity contribution in [1.82, 2.24) is 9.97 Å². The molecule has 0 unspecified atom stereocenters. The van der Waals surface area contributed by atoms with Crippen LogP contribution in [0.5, 0.6) is 0 Å². The number of hydrogen-bond donors (Lipinski definition) is 1. The van der Waals surface area contributed by atoms with Gasteiger partial charge in [0, 0.05) is 18.1 Å². The molecule has 1 heterocycles. The fourth-order valence-electron chi connectivity index (χ4n) is 3.31. The molecule has 1 aromatic heterocycles. The molecule has 0 spiro atoms. The summed E-state index contributed by atoms with van der Waals surface area (Å²) >= 11 is 0. The summed E-state index contributed by atoms with van der Waals surface area (Å²) in [6, 6.07) is 10.2. The van der Waals surface area contributed by atoms with E-state index in [1.807, 2.05) is 50.9 Å². The topological polar surface area (TPSA) is 58.1 Å². The number of anilines is 2. The summed E-state index contributed by atoms with van der Waals surface area (Å²) in [5.41, 5.74) is 6.23. The lowest BCUT2D eigenvalue weighted by Gasteiger charge is -2.20. The van der Waals surface area contributed by atoms with E-state index in [1.165, 1.54) is 11.9 Å². The predicted octanol–water partition coefficient (Wildman–Crippen LogP) is 3.94. The largest absolute Gasteiger partial charge is 0.350 e. The molecule has 2 aromatic carbocycles. The van der Waals surface area contributed by atoms with Crippen LogP contribution >= 0.6 is 0 Å². The molecule has 5 nitrogen and oxygen atoms in total. The number of hydrogen-bond acceptors (Lipinski definition) is 4. The molecule has 0 radical (unpaired) electrons. The van der Waals surface area contributed by atoms with Crippen molar-refractivity contribution in [3.63, 3.8) is 0 Å². The fraction of sp³-hybridized carbons (Fsp3) is 0.286. The first-order chi connectivity index (χ1) is 12.3. The van der Waals surface area contributed by atoms with Crippen molar-refractivity contribution in [2.45, 2.75) is 27.7 Å². The Morgan fingerprint density at radius 3 is 2.38 bits per heavy atom. The Morgan fingerprint density at radius 2 is 1.69 bits per heavy atom. The number of rotatable bonds is 4. The molecule has 0 saturated heterocycles. The van der Waals surface area contributed by atoms with Crippen molar-refractivity contribution < 1.29 is 4.79 Å². The summed E-state index contributed by atoms with van der Waals surface area (Å²) in [5, 5.41) is 3.99. The highest BCUT2D eigenvalue weighted by atomic mass is 16.2. The second kappa shape index (κ2) is 7.12. The lowest BCUT2D eigenvalue weighted by atomic mass is 10.1. The lowest BCUT2D eigenvalue weighted by Crippen LogP contribution is -2.31. The van der Waals surface area contributed by atoms with Crippen LogP contribution < -0.4 is 10.2 Å². The highest BCUT2D eigenvalue weighted by Gasteiger charge is 2.14. The van der Waals surface area contributed by atoms with Gasteiger partial charge in [0.15, 0.2) is 0 Å². The van der Waals surface area contributed by atoms with Gasteiger partial charge < -0.3 is 10.2 Å². The highest BCUT2D eigenvalue weighted by Crippen LogP contribution is 2.24. The number of nitrogens with zero attached hydrogens (tertiary/aromatic N) is 3. The molecule has 0 aliphatic carbocycles. The average molecular weight is 348 g/mol. The summed E-state index contributed by atoms with van der Waals surface area (Å²) in [7, 11) is 1.87. The van der Waals surface area contributed by atoms with Crippen molar-refractivity contribution in [1.29, 1.82) is 0 Å². The summed E-state index contributed by atoms with van der Waals surface area (Å²) in [5.74, 6) is 0.688. The van der Waals surface area contributed by atoms with E-state index in [0.29, 0.717) is 0 Å². The second-order valence-corrected chi connectivity index (χ2v) is 6.90. The summed E-state index contributed by atoms with van der Waals surface area (Å²) in [6.07, 6.45) is 1.54. The standard InChI is InChI=1S/C21H24N4O/c1-13-6-7-18-17(10-13)21(23-12-22-18)25(5)11-19(26)24-20-15(3)8-14(2)9-16(20)4/h6-10,12H,11H2,1-5H3,(H,24,26). The first-order valence-corrected chi connectivity index (χ1v) is 8.65. The molecule has 3 aromatic rings. The van der Waals surface area contributed by atoms with E-state index in [1.54, 1.807) is 0 Å². The quantitative estimate of drug-likeness (QED) is 0.776. The van der Waals surface area contributed by atoms with Crippen molar-refractivity contribution in [3.8, 4) is 0 Å². The van der Waals surface area contributed by atoms with E-state index >= 15 is 0 Å². The number of nitrogens with one attached hydrogen (secondary N) is 1. The maximum Gasteiger partial charge on any atom is 0.243 e. The zero-order chi connectivity index (χ0) is 18.8. The van der Waals surface area contributed by atoms with Crippen LogP contribution in [0.15, 0.2) is 36.7 Å². The van der Waals surface area contributed by atoms with Crippen LogP contribution in [0.25, 0.3) is 10.9 Å². The van der Waals surface area contributed by atoms with E-state index in [0.717, 1.165) is 39.1 Å². The number of benzene rings is 2. The van der Waals surface area contributed by atoms with Gasteiger partial charge in [0.2, 0.25) is 5.91 Å². The Bertz CT molecular complexity index is 958. The fourth-order valence-corrected chi connectivity index (χ4v) is 3.31. The number of likely N-dealkylation sites (N-methyl/N-ethyl adjacent to an activating group) is 1. The maximum atomic E-state index is 12.6. The second-order valence-electron chi connectivity index (χ2n) is 6.90. The van der Waals surface area contributed by atoms with Crippen molar-refractivity contribution in [2.75, 3.05) is 23.8 Å². The first kappa shape index (κ1) is 17.9. The monoisotopic (exact) mass is 348 g/mol. The zero-order valence-corrected chi connectivity index (χ0v) is 15.9. The number of aromatic nitrogens is 2. The molecule has 0 aliphatic rings. The summed E-state index contributed by atoms with van der Waals surface area (Å²) in [4.78, 5) is 23.1. The van der Waals surface area contributed by atoms with E-state index in [9.17, 15) is 4.79 Å². The molecular formula is C21H24N4O. The molecule has 0 bridgehead atoms. The molecule has 0 atom stereocenters. The number of carbonyl (C=O) groups is 1. The van der Waals surface area contributed by atoms with E-state index in [4.69, 9.17) is 0 Å². The molecule has 3 rings (SSSR count). The van der Waals surface area contributed by atoms with Gasteiger partial charge in [-0.15, -0.1) is 0 Å². The van der Waals surface area contributed by atoms with Crippen LogP contribution in [0.3, 0.4) is 0 Å². The van der Waals surface area contributed by atoms with Gasteiger partial charge in [0.05, 0.1) is 12.1 Å². The summed E-state index contributed by atoms with van der Waals surface area (Å²) in [6.45, 7) is 8.33. The van der Waals surface area contributed by atoms with Crippen molar-refractivity contribution in [3.05, 3.63) is 58.9 Å². The van der Waals surface area contributed by atoms with Crippen LogP contribution in [-0.4, -0.2) is 29.5 Å². The number of aryl methyl sites for hydroxylation is 4. The van der Waals surface area contributed by atoms with Gasteiger partial charge in [-0.3, -0.25) is 4.79 Å². The zero-order valence-electron chi connectivity index (χ0n) is 15.9. The molecule has 0 aliphatic heterocycles. The molecular weight excluding hydrogens is 324 g/mol. The molecule has 1 N–H and O–H groups in total. The Morgan fingerprint density at radius 1 is 1.00 bits per heavy atom. The van der Waals surface area contributed by atoms with Crippen LogP contribution in [-0.2, 0) is 4.79 Å². The predicted molar refractivity (Wildman–Crippen MR) is 107 cm³/mol. The lowest BCUT2D eigenvalue weighted by molar-refractivity contribution is -0.114. The third-order valence-electron chi connectivity index (χ3n) is 4.45. The normalized spacial score (nSPS) is 10.8. The smallest absolute Gasteiger partial charge is 0.243 e. The van der Waals surface area contributed by atoms with Gasteiger partial charge in [0.1, 0.15) is 12.1 Å². The third kappa shape index (κ3) is 3.67. The number of fused-ring (bicyclic) bond motifs is 1. The van der Waals surface area contributed by atoms with Gasteiger partial charge in [-0.05, 0) is 51.0 Å². The van der Waals surface area contributed by atoms with Crippen molar-refractivity contribution >= 4 is 28.3 Å². The average Bonchev–Trinajstić information content (AvgIpc) is 2.57. The van der Waals surface area contributed by atoms with Gasteiger partial charge >= 0.3 is 0 Å². The Hall–Kier alpha value is -2.95. The van der Waals surface area contributed by atoms with E-state index in [2.05, 4.69) is 34.3 Å². The number of carbonyl (C=O) groups excluding carboxylic acids is 1. The van der Waals surface area contributed by atoms with E-state index < -0.39 is 0 Å². The maximum absolute atomic E-state index is 12.6. The van der Waals surface area contributed by atoms with Crippen LogP contribution in [0.1, 0.15) is 22.3 Å². The molecule has 1 amide bonds. The minimum absolute atomic E-state index is 0.0676. The highest BCUT2D eigenvalue weighted by molar-refractivity contribution is 5.97. The van der Waals surface area contributed by atoms with Gasteiger partial charge in [-0.2, -0.15) is 0 Å². The van der Waals surface area contributed by atoms with Gasteiger partial charge in [-0.1, -0.05) is 29.3 Å². The van der Waals surface area contributed by atoms with Crippen LogP contribution in [0.2, 0.25) is 0 Å². The molecule has 0 saturated carbocycles. The Labute approximate surface area is 154 Å². The van der Waals surface area contributed by atoms with Crippen LogP contribution in [0.4, 0.5) is 11.5 Å². The van der Waals surface area contributed by atoms with Crippen LogP contribution in [0, 0.1) is 27.7 Å². The molecule has 0 fully saturated rings. The Balaban J connectivity index is 1.81. The minimum atomic E-state index is -0.0676. The minimum Gasteiger partial charge on any atom is -0.350 e. The molecule has 134 valence electrons. The van der Waals surface area contributed by atoms with Gasteiger partial charge in [0.25, 0.3) is 0 Å². The first-order valence-electron chi connectivity index (χ1n) is 8.65. The Kier molecular flexibility index (Phi) is 4.89. The third-order valence-corrected chi connectivity index (χ3v) is 4.45. The molecule has 5 heteroatoms. The molecule has 26 heavy (non-hydrogen) atoms. The number of amides is 1. The van der Waals surface area contributed by atoms with Crippen molar-refractivity contribution in [2.24, 2.45) is 0 Å². The van der Waals surface area contributed by atoms with E-state index in [-0.39, 0.29) is 12.5 Å². The van der Waals surface area contributed by atoms with Gasteiger partial charge in [-0.25, -0.2) is 9.97 Å².